The van der Waals surface area contributed by atoms with Crippen molar-refractivity contribution < 1.29 is 14.0 Å². The third-order valence-electron chi connectivity index (χ3n) is 3.59. The first-order chi connectivity index (χ1) is 12.7. The van der Waals surface area contributed by atoms with Gasteiger partial charge in [-0.1, -0.05) is 17.3 Å². The summed E-state index contributed by atoms with van der Waals surface area (Å²) in [5.74, 6) is 1.57. The highest BCUT2D eigenvalue weighted by molar-refractivity contribution is 14.0. The number of aromatic nitrogens is 1. The molecule has 2 rings (SSSR count). The Hall–Kier alpha value is -1.81. The number of hydrogen-bond donors (Lipinski definition) is 2. The van der Waals surface area contributed by atoms with E-state index in [0.29, 0.717) is 32.9 Å². The third kappa shape index (κ3) is 8.61. The van der Waals surface area contributed by atoms with Gasteiger partial charge in [0.05, 0.1) is 19.7 Å². The van der Waals surface area contributed by atoms with Crippen molar-refractivity contribution in [1.29, 1.82) is 0 Å². The van der Waals surface area contributed by atoms with Crippen molar-refractivity contribution in [2.24, 2.45) is 4.99 Å². The van der Waals surface area contributed by atoms with Gasteiger partial charge in [0.25, 0.3) is 0 Å². The van der Waals surface area contributed by atoms with Crippen LogP contribution in [-0.2, 0) is 17.8 Å². The predicted octanol–water partition coefficient (Wildman–Crippen LogP) is 3.27. The quantitative estimate of drug-likeness (QED) is 0.231. The Labute approximate surface area is 177 Å². The summed E-state index contributed by atoms with van der Waals surface area (Å²) >= 11 is 0. The lowest BCUT2D eigenvalue weighted by atomic mass is 10.1. The van der Waals surface area contributed by atoms with Crippen LogP contribution in [0.2, 0.25) is 0 Å². The minimum atomic E-state index is 0. The lowest BCUT2D eigenvalue weighted by Crippen LogP contribution is -2.36. The zero-order valence-corrected chi connectivity index (χ0v) is 18.5. The van der Waals surface area contributed by atoms with E-state index in [1.54, 1.807) is 6.26 Å². The number of rotatable bonds is 10. The highest BCUT2D eigenvalue weighted by Gasteiger charge is 2.06. The minimum absolute atomic E-state index is 0. The summed E-state index contributed by atoms with van der Waals surface area (Å²) in [7, 11) is 0. The summed E-state index contributed by atoms with van der Waals surface area (Å²) in [4.78, 5) is 4.64. The van der Waals surface area contributed by atoms with Gasteiger partial charge in [-0.2, -0.15) is 0 Å². The maximum Gasteiger partial charge on any atom is 0.191 e. The number of hydrogen-bond acceptors (Lipinski definition) is 5. The van der Waals surface area contributed by atoms with E-state index in [1.807, 2.05) is 32.9 Å². The Bertz CT molecular complexity index is 678. The molecule has 8 heteroatoms. The number of aryl methyl sites for hydroxylation is 1. The van der Waals surface area contributed by atoms with E-state index < -0.39 is 0 Å². The molecule has 0 aliphatic rings. The first-order valence-electron chi connectivity index (χ1n) is 8.94. The summed E-state index contributed by atoms with van der Waals surface area (Å²) < 4.78 is 16.1. The van der Waals surface area contributed by atoms with E-state index in [2.05, 4.69) is 32.9 Å². The molecule has 2 aromatic rings. The smallest absolute Gasteiger partial charge is 0.191 e. The molecule has 27 heavy (non-hydrogen) atoms. The summed E-state index contributed by atoms with van der Waals surface area (Å²) in [5.41, 5.74) is 3.01. The van der Waals surface area contributed by atoms with Crippen LogP contribution in [0.25, 0.3) is 0 Å². The summed E-state index contributed by atoms with van der Waals surface area (Å²) in [6.07, 6.45) is 1.55. The molecule has 2 N–H and O–H groups in total. The molecule has 0 saturated carbocycles. The molecule has 1 aromatic carbocycles. The lowest BCUT2D eigenvalue weighted by molar-refractivity contribution is 0.110. The van der Waals surface area contributed by atoms with Crippen LogP contribution in [0.3, 0.4) is 0 Å². The number of guanidine groups is 1. The van der Waals surface area contributed by atoms with Gasteiger partial charge < -0.3 is 24.6 Å². The molecule has 0 amide bonds. The fraction of sp³-hybridized carbons (Fsp3) is 0.474. The van der Waals surface area contributed by atoms with Gasteiger partial charge in [0.2, 0.25) is 0 Å². The van der Waals surface area contributed by atoms with E-state index in [9.17, 15) is 0 Å². The van der Waals surface area contributed by atoms with Crippen molar-refractivity contribution >= 4 is 29.9 Å². The van der Waals surface area contributed by atoms with Crippen molar-refractivity contribution in [3.63, 3.8) is 0 Å². The Morgan fingerprint density at radius 2 is 2.04 bits per heavy atom. The number of aliphatic imine (C=N–C) groups is 1. The second kappa shape index (κ2) is 13.4. The summed E-state index contributed by atoms with van der Waals surface area (Å²) in [5, 5.41) is 10.4. The average molecular weight is 488 g/mol. The lowest BCUT2D eigenvalue weighted by Gasteiger charge is -2.13. The Balaban J connectivity index is 0.00000364. The zero-order valence-electron chi connectivity index (χ0n) is 16.2. The van der Waals surface area contributed by atoms with Crippen LogP contribution in [0.1, 0.15) is 30.7 Å². The fourth-order valence-corrected chi connectivity index (χ4v) is 2.29. The highest BCUT2D eigenvalue weighted by Crippen LogP contribution is 2.21. The van der Waals surface area contributed by atoms with Crippen LogP contribution in [-0.4, -0.2) is 37.5 Å². The summed E-state index contributed by atoms with van der Waals surface area (Å²) in [6.45, 7) is 9.68. The van der Waals surface area contributed by atoms with Crippen molar-refractivity contribution in [1.82, 2.24) is 15.8 Å². The first-order valence-corrected chi connectivity index (χ1v) is 8.94. The zero-order chi connectivity index (χ0) is 18.6. The molecule has 0 aliphatic carbocycles. The van der Waals surface area contributed by atoms with Gasteiger partial charge in [-0.25, -0.2) is 4.99 Å². The van der Waals surface area contributed by atoms with Crippen LogP contribution < -0.4 is 15.4 Å². The minimum Gasteiger partial charge on any atom is -0.491 e. The molecule has 0 aliphatic heterocycles. The molecule has 0 unspecified atom stereocenters. The molecule has 150 valence electrons. The van der Waals surface area contributed by atoms with Crippen molar-refractivity contribution in [2.45, 2.75) is 33.9 Å². The molecule has 0 spiro atoms. The van der Waals surface area contributed by atoms with Gasteiger partial charge in [-0.15, -0.1) is 24.0 Å². The van der Waals surface area contributed by atoms with Crippen LogP contribution in [0.5, 0.6) is 5.75 Å². The van der Waals surface area contributed by atoms with E-state index >= 15 is 0 Å². The first kappa shape index (κ1) is 23.2. The third-order valence-corrected chi connectivity index (χ3v) is 3.59. The molecular weight excluding hydrogens is 459 g/mol. The fourth-order valence-electron chi connectivity index (χ4n) is 2.29. The molecular formula is C19H29IN4O3. The maximum absolute atomic E-state index is 5.87. The molecule has 0 saturated heterocycles. The van der Waals surface area contributed by atoms with E-state index in [0.717, 1.165) is 35.1 Å². The number of nitrogens with zero attached hydrogens (tertiary/aromatic N) is 2. The average Bonchev–Trinajstić information content (AvgIpc) is 3.16. The van der Waals surface area contributed by atoms with Gasteiger partial charge in [0, 0.05) is 24.8 Å². The van der Waals surface area contributed by atoms with Crippen LogP contribution in [0, 0.1) is 6.92 Å². The monoisotopic (exact) mass is 488 g/mol. The van der Waals surface area contributed by atoms with Gasteiger partial charge in [-0.3, -0.25) is 0 Å². The maximum atomic E-state index is 5.87. The van der Waals surface area contributed by atoms with Crippen molar-refractivity contribution in [3.05, 3.63) is 47.3 Å². The Morgan fingerprint density at radius 1 is 1.19 bits per heavy atom. The van der Waals surface area contributed by atoms with E-state index in [1.165, 1.54) is 0 Å². The molecule has 0 atom stereocenters. The normalized spacial score (nSPS) is 11.0. The SMILES string of the molecule is CCNC(=NCc1ccc(C)cc1OCCOCC)NCc1ccon1.I. The van der Waals surface area contributed by atoms with Crippen molar-refractivity contribution in [2.75, 3.05) is 26.4 Å². The highest BCUT2D eigenvalue weighted by atomic mass is 127. The largest absolute Gasteiger partial charge is 0.491 e. The van der Waals surface area contributed by atoms with E-state index in [-0.39, 0.29) is 24.0 Å². The second-order valence-electron chi connectivity index (χ2n) is 5.70. The van der Waals surface area contributed by atoms with Crippen LogP contribution in [0.15, 0.2) is 40.0 Å². The molecule has 0 radical (unpaired) electrons. The van der Waals surface area contributed by atoms with Gasteiger partial charge in [0.15, 0.2) is 5.96 Å². The Morgan fingerprint density at radius 3 is 2.74 bits per heavy atom. The molecule has 1 heterocycles. The molecule has 0 bridgehead atoms. The number of nitrogens with one attached hydrogen (secondary N) is 2. The number of halogens is 1. The second-order valence-corrected chi connectivity index (χ2v) is 5.70. The van der Waals surface area contributed by atoms with Crippen molar-refractivity contribution in [3.8, 4) is 5.75 Å². The standard InChI is InChI=1S/C19H28N4O3.HI/c1-4-20-19(22-14-17-8-9-26-23-17)21-13-16-7-6-15(3)12-18(16)25-11-10-24-5-2;/h6-9,12H,4-5,10-11,13-14H2,1-3H3,(H2,20,21,22);1H. The van der Waals surface area contributed by atoms with Gasteiger partial charge in [0.1, 0.15) is 24.3 Å². The van der Waals surface area contributed by atoms with E-state index in [4.69, 9.17) is 14.0 Å². The van der Waals surface area contributed by atoms with Gasteiger partial charge in [-0.05, 0) is 32.4 Å². The Kier molecular flexibility index (Phi) is 11.5. The van der Waals surface area contributed by atoms with Gasteiger partial charge >= 0.3 is 0 Å². The topological polar surface area (TPSA) is 80.9 Å². The molecule has 7 nitrogen and oxygen atoms in total. The summed E-state index contributed by atoms with van der Waals surface area (Å²) in [6, 6.07) is 7.97. The van der Waals surface area contributed by atoms with Crippen LogP contribution >= 0.6 is 24.0 Å². The number of ether oxygens (including phenoxy) is 2. The van der Waals surface area contributed by atoms with Crippen LogP contribution in [0.4, 0.5) is 0 Å². The predicted molar refractivity (Wildman–Crippen MR) is 117 cm³/mol. The number of benzene rings is 1. The molecule has 0 fully saturated rings. The molecule has 1 aromatic heterocycles.